The summed E-state index contributed by atoms with van der Waals surface area (Å²) in [6.07, 6.45) is 0.0946. The molecule has 0 saturated heterocycles. The maximum absolute atomic E-state index is 11.7. The van der Waals surface area contributed by atoms with Crippen molar-refractivity contribution in [2.45, 2.75) is 6.36 Å². The van der Waals surface area contributed by atoms with Crippen LogP contribution in [0.4, 0.5) is 13.2 Å². The Morgan fingerprint density at radius 3 is 2.20 bits per heavy atom. The molecule has 0 saturated carbocycles. The zero-order valence-electron chi connectivity index (χ0n) is 7.34. The highest BCUT2D eigenvalue weighted by atomic mass is 19.4. The molecule has 1 aromatic rings. The van der Waals surface area contributed by atoms with Crippen molar-refractivity contribution in [3.8, 4) is 18.1 Å². The van der Waals surface area contributed by atoms with Gasteiger partial charge in [0.1, 0.15) is 5.75 Å². The highest BCUT2D eigenvalue weighted by molar-refractivity contribution is 6.08. The largest absolute Gasteiger partial charge is 0.573 e. The van der Waals surface area contributed by atoms with Crippen LogP contribution in [-0.4, -0.2) is 12.1 Å². The molecule has 0 aliphatic rings. The smallest absolute Gasteiger partial charge is 0.406 e. The van der Waals surface area contributed by atoms with Gasteiger partial charge in [-0.25, -0.2) is 0 Å². The standard InChI is InChI=1S/C10H5F3O2/c1-2-9(14)7-3-5-8(6-4-7)15-10(11,12)13/h1,3-6H. The molecule has 0 unspecified atom stereocenters. The molecule has 0 fully saturated rings. The Kier molecular flexibility index (Phi) is 3.00. The molecule has 5 heteroatoms. The number of hydrogen-bond acceptors (Lipinski definition) is 2. The maximum Gasteiger partial charge on any atom is 0.573 e. The molecule has 2 nitrogen and oxygen atoms in total. The lowest BCUT2D eigenvalue weighted by atomic mass is 10.1. The number of hydrogen-bond donors (Lipinski definition) is 0. The second-order valence-electron chi connectivity index (χ2n) is 2.55. The number of rotatable bonds is 2. The van der Waals surface area contributed by atoms with Gasteiger partial charge in [-0.3, -0.25) is 4.79 Å². The van der Waals surface area contributed by atoms with Crippen LogP contribution in [0.15, 0.2) is 24.3 Å². The quantitative estimate of drug-likeness (QED) is 0.429. The SMILES string of the molecule is C#CC(=O)c1ccc(OC(F)(F)F)cc1. The van der Waals surface area contributed by atoms with Crippen LogP contribution in [0.2, 0.25) is 0 Å². The van der Waals surface area contributed by atoms with Gasteiger partial charge in [-0.1, -0.05) is 0 Å². The van der Waals surface area contributed by atoms with Crippen LogP contribution in [0.25, 0.3) is 0 Å². The average Bonchev–Trinajstić information content (AvgIpc) is 2.15. The van der Waals surface area contributed by atoms with Crippen molar-refractivity contribution < 1.29 is 22.7 Å². The summed E-state index contributed by atoms with van der Waals surface area (Å²) < 4.78 is 38.8. The van der Waals surface area contributed by atoms with Crippen molar-refractivity contribution in [2.75, 3.05) is 0 Å². The molecule has 0 spiro atoms. The maximum atomic E-state index is 11.7. The van der Waals surface area contributed by atoms with E-state index in [0.717, 1.165) is 12.1 Å². The fraction of sp³-hybridized carbons (Fsp3) is 0.100. The lowest BCUT2D eigenvalue weighted by Gasteiger charge is -2.08. The van der Waals surface area contributed by atoms with E-state index in [9.17, 15) is 18.0 Å². The fourth-order valence-electron chi connectivity index (χ4n) is 0.891. The predicted octanol–water partition coefficient (Wildman–Crippen LogP) is 2.40. The van der Waals surface area contributed by atoms with Gasteiger partial charge in [0, 0.05) is 5.56 Å². The zero-order chi connectivity index (χ0) is 11.5. The van der Waals surface area contributed by atoms with Crippen LogP contribution >= 0.6 is 0 Å². The first-order valence-corrected chi connectivity index (χ1v) is 3.79. The number of halogens is 3. The van der Waals surface area contributed by atoms with Crippen molar-refractivity contribution in [1.82, 2.24) is 0 Å². The number of ether oxygens (including phenoxy) is 1. The molecule has 0 bridgehead atoms. The average molecular weight is 214 g/mol. The minimum absolute atomic E-state index is 0.145. The Morgan fingerprint density at radius 2 is 1.80 bits per heavy atom. The van der Waals surface area contributed by atoms with E-state index < -0.39 is 17.9 Å². The van der Waals surface area contributed by atoms with Gasteiger partial charge in [0.25, 0.3) is 0 Å². The van der Waals surface area contributed by atoms with Crippen molar-refractivity contribution in [3.05, 3.63) is 29.8 Å². The molecule has 0 aliphatic carbocycles. The second kappa shape index (κ2) is 4.05. The molecular weight excluding hydrogens is 209 g/mol. The summed E-state index contributed by atoms with van der Waals surface area (Å²) in [5.41, 5.74) is 0.145. The van der Waals surface area contributed by atoms with E-state index in [-0.39, 0.29) is 5.56 Å². The lowest BCUT2D eigenvalue weighted by Crippen LogP contribution is -2.17. The van der Waals surface area contributed by atoms with Crippen molar-refractivity contribution in [2.24, 2.45) is 0 Å². The van der Waals surface area contributed by atoms with E-state index in [1.165, 1.54) is 12.1 Å². The van der Waals surface area contributed by atoms with Crippen LogP contribution in [-0.2, 0) is 0 Å². The minimum atomic E-state index is -4.74. The molecule has 1 aromatic carbocycles. The molecule has 1 rings (SSSR count). The summed E-state index contributed by atoms with van der Waals surface area (Å²) in [7, 11) is 0. The van der Waals surface area contributed by atoms with Gasteiger partial charge in [0.15, 0.2) is 0 Å². The molecule has 0 aromatic heterocycles. The Balaban J connectivity index is 2.83. The number of alkyl halides is 3. The molecule has 0 radical (unpaired) electrons. The van der Waals surface area contributed by atoms with E-state index in [2.05, 4.69) is 4.74 Å². The zero-order valence-corrected chi connectivity index (χ0v) is 7.34. The van der Waals surface area contributed by atoms with E-state index in [0.29, 0.717) is 0 Å². The number of ketones is 1. The number of benzene rings is 1. The molecule has 0 N–H and O–H groups in total. The Hall–Kier alpha value is -1.96. The van der Waals surface area contributed by atoms with Gasteiger partial charge >= 0.3 is 6.36 Å². The first-order valence-electron chi connectivity index (χ1n) is 3.79. The topological polar surface area (TPSA) is 26.3 Å². The molecule has 15 heavy (non-hydrogen) atoms. The summed E-state index contributed by atoms with van der Waals surface area (Å²) in [6.45, 7) is 0. The highest BCUT2D eigenvalue weighted by Gasteiger charge is 2.30. The van der Waals surface area contributed by atoms with Gasteiger partial charge in [0.2, 0.25) is 5.78 Å². The summed E-state index contributed by atoms with van der Waals surface area (Å²) in [4.78, 5) is 10.9. The van der Waals surface area contributed by atoms with Gasteiger partial charge in [0.05, 0.1) is 0 Å². The first-order chi connectivity index (χ1) is 6.92. The van der Waals surface area contributed by atoms with Gasteiger partial charge in [-0.15, -0.1) is 19.6 Å². The summed E-state index contributed by atoms with van der Waals surface area (Å²) in [5, 5.41) is 0. The highest BCUT2D eigenvalue weighted by Crippen LogP contribution is 2.22. The normalized spacial score (nSPS) is 10.5. The van der Waals surface area contributed by atoms with Crippen LogP contribution in [0, 0.1) is 12.3 Å². The third-order valence-corrected chi connectivity index (χ3v) is 1.48. The number of carbonyl (C=O) groups excluding carboxylic acids is 1. The van der Waals surface area contributed by atoms with Gasteiger partial charge in [-0.2, -0.15) is 0 Å². The predicted molar refractivity (Wildman–Crippen MR) is 46.3 cm³/mol. The number of Topliss-reactive ketones (excluding diaryl/α,β-unsaturated/α-hetero) is 1. The molecule has 0 aliphatic heterocycles. The van der Waals surface area contributed by atoms with Crippen LogP contribution < -0.4 is 4.74 Å². The van der Waals surface area contributed by atoms with Crippen molar-refractivity contribution in [3.63, 3.8) is 0 Å². The molecule has 0 amide bonds. The molecule has 0 heterocycles. The van der Waals surface area contributed by atoms with E-state index in [1.54, 1.807) is 0 Å². The Labute approximate surface area is 83.7 Å². The fourth-order valence-corrected chi connectivity index (χ4v) is 0.891. The van der Waals surface area contributed by atoms with E-state index >= 15 is 0 Å². The van der Waals surface area contributed by atoms with Crippen LogP contribution in [0.3, 0.4) is 0 Å². The molecule has 78 valence electrons. The lowest BCUT2D eigenvalue weighted by molar-refractivity contribution is -0.274. The van der Waals surface area contributed by atoms with Gasteiger partial charge < -0.3 is 4.74 Å². The summed E-state index contributed by atoms with van der Waals surface area (Å²) in [5.74, 6) is 0.865. The third kappa shape index (κ3) is 3.35. The van der Waals surface area contributed by atoms with E-state index in [4.69, 9.17) is 6.42 Å². The Morgan fingerprint density at radius 1 is 1.27 bits per heavy atom. The number of carbonyl (C=O) groups is 1. The van der Waals surface area contributed by atoms with Crippen LogP contribution in [0.5, 0.6) is 5.75 Å². The molecule has 0 atom stereocenters. The van der Waals surface area contributed by atoms with Crippen LogP contribution in [0.1, 0.15) is 10.4 Å². The van der Waals surface area contributed by atoms with Crippen molar-refractivity contribution in [1.29, 1.82) is 0 Å². The monoisotopic (exact) mass is 214 g/mol. The second-order valence-corrected chi connectivity index (χ2v) is 2.55. The first kappa shape index (κ1) is 11.1. The van der Waals surface area contributed by atoms with E-state index in [1.807, 2.05) is 5.92 Å². The minimum Gasteiger partial charge on any atom is -0.406 e. The number of terminal acetylenes is 1. The van der Waals surface area contributed by atoms with Crippen molar-refractivity contribution >= 4 is 5.78 Å². The molecular formula is C10H5F3O2. The summed E-state index contributed by atoms with van der Waals surface area (Å²) >= 11 is 0. The summed E-state index contributed by atoms with van der Waals surface area (Å²) in [6, 6.07) is 4.39. The Bertz CT molecular complexity index is 398. The third-order valence-electron chi connectivity index (χ3n) is 1.48. The van der Waals surface area contributed by atoms with Gasteiger partial charge in [-0.05, 0) is 30.2 Å².